The van der Waals surface area contributed by atoms with Gasteiger partial charge < -0.3 is 14.6 Å². The molecule has 0 aromatic heterocycles. The van der Waals surface area contributed by atoms with Crippen LogP contribution in [0.5, 0.6) is 0 Å². The van der Waals surface area contributed by atoms with Crippen molar-refractivity contribution in [2.45, 2.75) is 38.2 Å². The highest BCUT2D eigenvalue weighted by Crippen LogP contribution is 2.25. The van der Waals surface area contributed by atoms with E-state index in [-0.39, 0.29) is 6.10 Å². The van der Waals surface area contributed by atoms with Crippen molar-refractivity contribution in [3.8, 4) is 0 Å². The third kappa shape index (κ3) is 3.74. The Labute approximate surface area is 91.8 Å². The van der Waals surface area contributed by atoms with Crippen LogP contribution in [0.4, 0.5) is 0 Å². The zero-order valence-electron chi connectivity index (χ0n) is 9.36. The van der Waals surface area contributed by atoms with Gasteiger partial charge in [-0.2, -0.15) is 0 Å². The second-order valence-electron chi connectivity index (χ2n) is 4.91. The summed E-state index contributed by atoms with van der Waals surface area (Å²) in [6, 6.07) is 0. The average Bonchev–Trinajstić information content (AvgIpc) is 2.71. The van der Waals surface area contributed by atoms with E-state index in [0.29, 0.717) is 11.8 Å². The van der Waals surface area contributed by atoms with Crippen LogP contribution in [0, 0.1) is 11.8 Å². The Kier molecular flexibility index (Phi) is 4.42. The minimum atomic E-state index is -0.125. The minimum absolute atomic E-state index is 0.125. The third-order valence-corrected chi connectivity index (χ3v) is 3.58. The van der Waals surface area contributed by atoms with Gasteiger partial charge in [-0.05, 0) is 43.9 Å². The lowest BCUT2D eigenvalue weighted by atomic mass is 9.89. The SMILES string of the molecule is OC(CC1CCOCC1)CC1CCOC1. The van der Waals surface area contributed by atoms with Crippen LogP contribution in [0.1, 0.15) is 32.1 Å². The topological polar surface area (TPSA) is 38.7 Å². The van der Waals surface area contributed by atoms with E-state index in [9.17, 15) is 5.11 Å². The molecular formula is C12H22O3. The summed E-state index contributed by atoms with van der Waals surface area (Å²) in [7, 11) is 0. The van der Waals surface area contributed by atoms with Gasteiger partial charge in [0.1, 0.15) is 0 Å². The molecule has 0 amide bonds. The number of ether oxygens (including phenoxy) is 2. The lowest BCUT2D eigenvalue weighted by Gasteiger charge is -2.25. The molecule has 3 nitrogen and oxygen atoms in total. The normalized spacial score (nSPS) is 30.6. The average molecular weight is 214 g/mol. The van der Waals surface area contributed by atoms with Gasteiger partial charge in [-0.1, -0.05) is 0 Å². The van der Waals surface area contributed by atoms with E-state index >= 15 is 0 Å². The van der Waals surface area contributed by atoms with Gasteiger partial charge in [-0.3, -0.25) is 0 Å². The van der Waals surface area contributed by atoms with E-state index in [1.165, 1.54) is 0 Å². The Morgan fingerprint density at radius 2 is 1.53 bits per heavy atom. The lowest BCUT2D eigenvalue weighted by molar-refractivity contribution is 0.0376. The van der Waals surface area contributed by atoms with Crippen molar-refractivity contribution in [1.29, 1.82) is 0 Å². The minimum Gasteiger partial charge on any atom is -0.393 e. The summed E-state index contributed by atoms with van der Waals surface area (Å²) in [5, 5.41) is 9.97. The molecule has 2 saturated heterocycles. The molecule has 2 aliphatic heterocycles. The van der Waals surface area contributed by atoms with E-state index in [0.717, 1.165) is 58.5 Å². The summed E-state index contributed by atoms with van der Waals surface area (Å²) in [6.45, 7) is 3.49. The number of hydrogen-bond acceptors (Lipinski definition) is 3. The Balaban J connectivity index is 1.64. The predicted octanol–water partition coefficient (Wildman–Crippen LogP) is 1.59. The van der Waals surface area contributed by atoms with Gasteiger partial charge >= 0.3 is 0 Å². The number of hydrogen-bond donors (Lipinski definition) is 1. The van der Waals surface area contributed by atoms with Gasteiger partial charge in [0.2, 0.25) is 0 Å². The molecule has 2 heterocycles. The van der Waals surface area contributed by atoms with Crippen molar-refractivity contribution in [2.24, 2.45) is 11.8 Å². The highest BCUT2D eigenvalue weighted by atomic mass is 16.5. The van der Waals surface area contributed by atoms with Crippen molar-refractivity contribution < 1.29 is 14.6 Å². The van der Waals surface area contributed by atoms with Gasteiger partial charge in [0.05, 0.1) is 6.10 Å². The van der Waals surface area contributed by atoms with Gasteiger partial charge in [-0.15, -0.1) is 0 Å². The first kappa shape index (κ1) is 11.4. The maximum atomic E-state index is 9.97. The van der Waals surface area contributed by atoms with Crippen LogP contribution in [0.2, 0.25) is 0 Å². The molecule has 2 unspecified atom stereocenters. The van der Waals surface area contributed by atoms with Crippen LogP contribution >= 0.6 is 0 Å². The predicted molar refractivity (Wildman–Crippen MR) is 57.7 cm³/mol. The fourth-order valence-corrected chi connectivity index (χ4v) is 2.62. The third-order valence-electron chi connectivity index (χ3n) is 3.58. The molecule has 88 valence electrons. The molecule has 2 rings (SSSR count). The standard InChI is InChI=1S/C12H22O3/c13-12(8-11-3-6-15-9-11)7-10-1-4-14-5-2-10/h10-13H,1-9H2. The van der Waals surface area contributed by atoms with E-state index in [4.69, 9.17) is 9.47 Å². The zero-order valence-corrected chi connectivity index (χ0v) is 9.36. The van der Waals surface area contributed by atoms with Crippen LogP contribution in [0.25, 0.3) is 0 Å². The second-order valence-corrected chi connectivity index (χ2v) is 4.91. The summed E-state index contributed by atoms with van der Waals surface area (Å²) < 4.78 is 10.6. The fraction of sp³-hybridized carbons (Fsp3) is 1.00. The lowest BCUT2D eigenvalue weighted by Crippen LogP contribution is -2.22. The Morgan fingerprint density at radius 1 is 0.933 bits per heavy atom. The van der Waals surface area contributed by atoms with E-state index in [1.807, 2.05) is 0 Å². The van der Waals surface area contributed by atoms with Crippen molar-refractivity contribution in [1.82, 2.24) is 0 Å². The first-order chi connectivity index (χ1) is 7.34. The Bertz CT molecular complexity index is 172. The van der Waals surface area contributed by atoms with Crippen LogP contribution in [0.15, 0.2) is 0 Å². The van der Waals surface area contributed by atoms with Gasteiger partial charge in [0.25, 0.3) is 0 Å². The first-order valence-electron chi connectivity index (χ1n) is 6.18. The first-order valence-corrected chi connectivity index (χ1v) is 6.18. The molecular weight excluding hydrogens is 192 g/mol. The quantitative estimate of drug-likeness (QED) is 0.772. The highest BCUT2D eigenvalue weighted by molar-refractivity contribution is 4.73. The molecule has 2 atom stereocenters. The van der Waals surface area contributed by atoms with Gasteiger partial charge in [-0.25, -0.2) is 0 Å². The Hall–Kier alpha value is -0.120. The summed E-state index contributed by atoms with van der Waals surface area (Å²) in [5.74, 6) is 1.27. The summed E-state index contributed by atoms with van der Waals surface area (Å²) in [4.78, 5) is 0. The van der Waals surface area contributed by atoms with E-state index < -0.39 is 0 Å². The molecule has 0 saturated carbocycles. The van der Waals surface area contributed by atoms with Crippen LogP contribution in [-0.2, 0) is 9.47 Å². The molecule has 3 heteroatoms. The van der Waals surface area contributed by atoms with Crippen molar-refractivity contribution in [3.63, 3.8) is 0 Å². The summed E-state index contributed by atoms with van der Waals surface area (Å²) in [6.07, 6.45) is 5.14. The monoisotopic (exact) mass is 214 g/mol. The van der Waals surface area contributed by atoms with Crippen molar-refractivity contribution >= 4 is 0 Å². The summed E-state index contributed by atoms with van der Waals surface area (Å²) >= 11 is 0. The molecule has 0 spiro atoms. The maximum absolute atomic E-state index is 9.97. The van der Waals surface area contributed by atoms with E-state index in [2.05, 4.69) is 0 Å². The largest absolute Gasteiger partial charge is 0.393 e. The molecule has 1 N–H and O–H groups in total. The van der Waals surface area contributed by atoms with Crippen LogP contribution in [-0.4, -0.2) is 37.6 Å². The second kappa shape index (κ2) is 5.83. The van der Waals surface area contributed by atoms with Crippen molar-refractivity contribution in [2.75, 3.05) is 26.4 Å². The Morgan fingerprint density at radius 3 is 2.20 bits per heavy atom. The van der Waals surface area contributed by atoms with Gasteiger partial charge in [0, 0.05) is 26.4 Å². The van der Waals surface area contributed by atoms with Crippen LogP contribution < -0.4 is 0 Å². The molecule has 0 radical (unpaired) electrons. The molecule has 2 fully saturated rings. The number of aliphatic hydroxyl groups excluding tert-OH is 1. The molecule has 0 aliphatic carbocycles. The maximum Gasteiger partial charge on any atom is 0.0546 e. The molecule has 15 heavy (non-hydrogen) atoms. The van der Waals surface area contributed by atoms with Gasteiger partial charge in [0.15, 0.2) is 0 Å². The van der Waals surface area contributed by atoms with Crippen molar-refractivity contribution in [3.05, 3.63) is 0 Å². The fourth-order valence-electron chi connectivity index (χ4n) is 2.62. The molecule has 0 aromatic carbocycles. The molecule has 2 aliphatic rings. The van der Waals surface area contributed by atoms with Crippen LogP contribution in [0.3, 0.4) is 0 Å². The molecule has 0 aromatic rings. The smallest absolute Gasteiger partial charge is 0.0546 e. The zero-order chi connectivity index (χ0) is 10.5. The van der Waals surface area contributed by atoms with E-state index in [1.54, 1.807) is 0 Å². The number of aliphatic hydroxyl groups is 1. The molecule has 0 bridgehead atoms. The number of rotatable bonds is 4. The summed E-state index contributed by atoms with van der Waals surface area (Å²) in [5.41, 5.74) is 0. The highest BCUT2D eigenvalue weighted by Gasteiger charge is 2.22.